The Labute approximate surface area is 197 Å². The number of ether oxygens (including phenoxy) is 2. The Morgan fingerprint density at radius 1 is 1.24 bits per heavy atom. The van der Waals surface area contributed by atoms with Crippen molar-refractivity contribution >= 4 is 33.9 Å². The highest BCUT2D eigenvalue weighted by Crippen LogP contribution is 2.29. The first-order chi connectivity index (χ1) is 15.7. The molecule has 2 rings (SSSR count). The molecule has 1 unspecified atom stereocenters. The van der Waals surface area contributed by atoms with Crippen LogP contribution in [0.3, 0.4) is 0 Å². The molecule has 1 N–H and O–H groups in total. The number of nitriles is 1. The van der Waals surface area contributed by atoms with Gasteiger partial charge < -0.3 is 19.5 Å². The number of hydrogen-bond acceptors (Lipinski definition) is 10. The highest BCUT2D eigenvalue weighted by Gasteiger charge is 2.12. The fraction of sp³-hybridized carbons (Fsp3) is 0.348. The number of aliphatic hydroxyl groups excluding tert-OH is 1. The maximum absolute atomic E-state index is 11.7. The van der Waals surface area contributed by atoms with Crippen molar-refractivity contribution in [3.05, 3.63) is 59.8 Å². The Balaban J connectivity index is 2.08. The number of carbonyl (C=O) groups excluding carboxylic acids is 1. The molecule has 1 aromatic carbocycles. The number of aliphatic hydroxyl groups is 1. The van der Waals surface area contributed by atoms with Crippen molar-refractivity contribution < 1.29 is 19.4 Å². The molecule has 0 radical (unpaired) electrons. The van der Waals surface area contributed by atoms with Gasteiger partial charge >= 0.3 is 5.97 Å². The molecule has 0 bridgehead atoms. The number of hydrogen-bond donors (Lipinski definition) is 1. The van der Waals surface area contributed by atoms with E-state index in [2.05, 4.69) is 33.8 Å². The molecular formula is C23H27N5O4S. The molecule has 0 saturated carbocycles. The molecule has 9 nitrogen and oxygen atoms in total. The van der Waals surface area contributed by atoms with Crippen molar-refractivity contribution in [2.24, 2.45) is 10.2 Å². The number of nitrogens with zero attached hydrogens (tertiary/aromatic N) is 5. The normalized spacial score (nSPS) is 11.7. The molecule has 0 fully saturated rings. The van der Waals surface area contributed by atoms with Gasteiger partial charge in [0.05, 0.1) is 24.5 Å². The summed E-state index contributed by atoms with van der Waals surface area (Å²) >= 11 is 1.13. The quantitative estimate of drug-likeness (QED) is 0.159. The summed E-state index contributed by atoms with van der Waals surface area (Å²) in [6.45, 7) is 13.5. The first kappa shape index (κ1) is 25.9. The van der Waals surface area contributed by atoms with Crippen LogP contribution >= 0.6 is 11.5 Å². The number of rotatable bonds is 12. The van der Waals surface area contributed by atoms with Crippen molar-refractivity contribution in [3.8, 4) is 6.07 Å². The highest BCUT2D eigenvalue weighted by atomic mass is 32.1. The van der Waals surface area contributed by atoms with Gasteiger partial charge in [-0.25, -0.2) is 4.79 Å². The smallest absolute Gasteiger partial charge is 0.333 e. The molecule has 2 aromatic rings. The molecule has 1 heterocycles. The second kappa shape index (κ2) is 12.6. The van der Waals surface area contributed by atoms with Gasteiger partial charge in [-0.3, -0.25) is 0 Å². The lowest BCUT2D eigenvalue weighted by atomic mass is 10.2. The number of carbonyl (C=O) groups is 1. The Kier molecular flexibility index (Phi) is 9.87. The molecule has 174 valence electrons. The van der Waals surface area contributed by atoms with Crippen LogP contribution in [0.1, 0.15) is 25.1 Å². The van der Waals surface area contributed by atoms with E-state index in [-0.39, 0.29) is 13.2 Å². The van der Waals surface area contributed by atoms with E-state index in [0.717, 1.165) is 17.2 Å². The van der Waals surface area contributed by atoms with Crippen molar-refractivity contribution in [3.63, 3.8) is 0 Å². The Bertz CT molecular complexity index is 1060. The Morgan fingerprint density at radius 2 is 1.91 bits per heavy atom. The summed E-state index contributed by atoms with van der Waals surface area (Å²) in [5.41, 5.74) is 3.36. The largest absolute Gasteiger partial charge is 0.460 e. The molecule has 0 spiro atoms. The topological polar surface area (TPSA) is 120 Å². The van der Waals surface area contributed by atoms with Crippen molar-refractivity contribution in [2.45, 2.75) is 27.1 Å². The minimum Gasteiger partial charge on any atom is -0.460 e. The molecular weight excluding hydrogens is 442 g/mol. The molecule has 10 heteroatoms. The lowest BCUT2D eigenvalue weighted by Gasteiger charge is -2.25. The zero-order valence-electron chi connectivity index (χ0n) is 18.9. The van der Waals surface area contributed by atoms with Gasteiger partial charge in [0.15, 0.2) is 11.3 Å². The summed E-state index contributed by atoms with van der Waals surface area (Å²) in [6.07, 6.45) is -1.04. The summed E-state index contributed by atoms with van der Waals surface area (Å²) < 4.78 is 14.7. The van der Waals surface area contributed by atoms with Crippen LogP contribution in [-0.4, -0.2) is 48.0 Å². The van der Waals surface area contributed by atoms with Crippen molar-refractivity contribution in [1.29, 1.82) is 5.26 Å². The lowest BCUT2D eigenvalue weighted by Crippen LogP contribution is -2.32. The molecule has 0 amide bonds. The van der Waals surface area contributed by atoms with E-state index in [4.69, 9.17) is 9.47 Å². The van der Waals surface area contributed by atoms with Crippen LogP contribution in [0.4, 0.5) is 16.4 Å². The van der Waals surface area contributed by atoms with Crippen molar-refractivity contribution in [1.82, 2.24) is 4.37 Å². The van der Waals surface area contributed by atoms with E-state index >= 15 is 0 Å². The van der Waals surface area contributed by atoms with E-state index in [1.165, 1.54) is 0 Å². The number of aryl methyl sites for hydroxylation is 1. The standard InChI is InChI=1S/C23H27N5O4S/c1-15(2)22(29)31-12-10-28(11-13-32-23(30)16(3)4)19-8-6-18(7-9-19)25-26-21-20(14-24)17(5)27-33-21/h6-9,22,29H,1,3,10-13H2,2,4-5H3. The van der Waals surface area contributed by atoms with Gasteiger partial charge in [-0.1, -0.05) is 13.2 Å². The third-order valence-corrected chi connectivity index (χ3v) is 5.25. The number of aromatic nitrogens is 1. The number of azo groups is 1. The van der Waals surface area contributed by atoms with Gasteiger partial charge in [0.2, 0.25) is 0 Å². The van der Waals surface area contributed by atoms with Crippen LogP contribution in [0.2, 0.25) is 0 Å². The average Bonchev–Trinajstić information content (AvgIpc) is 3.15. The van der Waals surface area contributed by atoms with Crippen LogP contribution in [0.15, 0.2) is 58.8 Å². The molecule has 1 aromatic heterocycles. The van der Waals surface area contributed by atoms with Gasteiger partial charge in [0.25, 0.3) is 0 Å². The second-order valence-electron chi connectivity index (χ2n) is 7.25. The summed E-state index contributed by atoms with van der Waals surface area (Å²) in [5, 5.41) is 27.8. The highest BCUT2D eigenvalue weighted by molar-refractivity contribution is 7.10. The van der Waals surface area contributed by atoms with Gasteiger partial charge in [-0.05, 0) is 62.1 Å². The number of benzene rings is 1. The molecule has 0 saturated heterocycles. The Hall–Kier alpha value is -3.39. The lowest BCUT2D eigenvalue weighted by molar-refractivity contribution is -0.138. The third kappa shape index (κ3) is 7.91. The monoisotopic (exact) mass is 469 g/mol. The molecule has 0 aliphatic carbocycles. The van der Waals surface area contributed by atoms with Crippen LogP contribution in [0, 0.1) is 18.3 Å². The van der Waals surface area contributed by atoms with Gasteiger partial charge in [-0.15, -0.1) is 10.2 Å². The summed E-state index contributed by atoms with van der Waals surface area (Å²) in [7, 11) is 0. The second-order valence-corrected chi connectivity index (χ2v) is 8.00. The van der Waals surface area contributed by atoms with E-state index in [1.54, 1.807) is 32.9 Å². The maximum Gasteiger partial charge on any atom is 0.333 e. The number of anilines is 1. The predicted molar refractivity (Wildman–Crippen MR) is 127 cm³/mol. The molecule has 0 aliphatic heterocycles. The fourth-order valence-electron chi connectivity index (χ4n) is 2.55. The van der Waals surface area contributed by atoms with E-state index in [9.17, 15) is 15.2 Å². The zero-order chi connectivity index (χ0) is 24.4. The molecule has 1 atom stereocenters. The van der Waals surface area contributed by atoms with Gasteiger partial charge in [0.1, 0.15) is 18.2 Å². The van der Waals surface area contributed by atoms with E-state index in [0.29, 0.717) is 46.2 Å². The predicted octanol–water partition coefficient (Wildman–Crippen LogP) is 4.58. The van der Waals surface area contributed by atoms with Crippen LogP contribution in [-0.2, 0) is 14.3 Å². The first-order valence-electron chi connectivity index (χ1n) is 10.1. The van der Waals surface area contributed by atoms with Gasteiger partial charge in [-0.2, -0.15) is 9.64 Å². The summed E-state index contributed by atoms with van der Waals surface area (Å²) in [5.74, 6) is -0.449. The summed E-state index contributed by atoms with van der Waals surface area (Å²) in [6, 6.07) is 9.37. The third-order valence-electron chi connectivity index (χ3n) is 4.43. The average molecular weight is 470 g/mol. The van der Waals surface area contributed by atoms with Crippen LogP contribution < -0.4 is 4.90 Å². The number of esters is 1. The van der Waals surface area contributed by atoms with Crippen LogP contribution in [0.25, 0.3) is 0 Å². The SMILES string of the molecule is C=C(C)C(=O)OCCN(CCOC(O)C(=C)C)c1ccc(N=Nc2snc(C)c2C#N)cc1. The molecule has 33 heavy (non-hydrogen) atoms. The minimum atomic E-state index is -1.04. The van der Waals surface area contributed by atoms with E-state index in [1.807, 2.05) is 17.0 Å². The van der Waals surface area contributed by atoms with Crippen LogP contribution in [0.5, 0.6) is 0 Å². The van der Waals surface area contributed by atoms with E-state index < -0.39 is 12.3 Å². The minimum absolute atomic E-state index is 0.165. The van der Waals surface area contributed by atoms with Gasteiger partial charge in [0, 0.05) is 17.8 Å². The fourth-order valence-corrected chi connectivity index (χ4v) is 3.22. The Morgan fingerprint density at radius 3 is 2.52 bits per heavy atom. The summed E-state index contributed by atoms with van der Waals surface area (Å²) in [4.78, 5) is 13.6. The molecule has 0 aliphatic rings. The zero-order valence-corrected chi connectivity index (χ0v) is 19.8. The van der Waals surface area contributed by atoms with Crippen molar-refractivity contribution in [2.75, 3.05) is 31.2 Å². The first-order valence-corrected chi connectivity index (χ1v) is 10.9. The maximum atomic E-state index is 11.7.